The number of anilines is 6. The summed E-state index contributed by atoms with van der Waals surface area (Å²) in [7, 11) is 0. The first-order chi connectivity index (χ1) is 38.2. The van der Waals surface area contributed by atoms with E-state index in [9.17, 15) is 0 Å². The molecule has 0 N–H and O–H groups in total. The zero-order valence-corrected chi connectivity index (χ0v) is 42.1. The normalized spacial score (nSPS) is 13.9. The smallest absolute Gasteiger partial charge is 0.0714 e. The van der Waals surface area contributed by atoms with Gasteiger partial charge in [-0.1, -0.05) is 243 Å². The van der Waals surface area contributed by atoms with Gasteiger partial charge in [-0.2, -0.15) is 0 Å². The molecule has 13 aromatic carbocycles. The van der Waals surface area contributed by atoms with Crippen LogP contribution in [-0.2, 0) is 5.41 Å². The fraction of sp³-hybridized carbons (Fsp3) is 0.0133. The van der Waals surface area contributed by atoms with Crippen molar-refractivity contribution in [2.24, 2.45) is 0 Å². The highest BCUT2D eigenvalue weighted by molar-refractivity contribution is 6.35. The Kier molecular flexibility index (Phi) is 9.58. The monoisotopic (exact) mass is 976 g/mol. The van der Waals surface area contributed by atoms with Crippen molar-refractivity contribution in [3.63, 3.8) is 0 Å². The van der Waals surface area contributed by atoms with Crippen molar-refractivity contribution in [2.75, 3.05) is 9.80 Å². The molecule has 77 heavy (non-hydrogen) atoms. The lowest BCUT2D eigenvalue weighted by Gasteiger charge is -2.35. The molecule has 1 aliphatic carbocycles. The first kappa shape index (κ1) is 43.4. The van der Waals surface area contributed by atoms with Crippen LogP contribution in [0.5, 0.6) is 0 Å². The van der Waals surface area contributed by atoms with Crippen LogP contribution in [0.1, 0.15) is 55.6 Å². The molecule has 358 valence electrons. The van der Waals surface area contributed by atoms with E-state index in [-0.39, 0.29) is 0 Å². The number of hydrogen-bond acceptors (Lipinski definition) is 2. The molecule has 2 heteroatoms. The van der Waals surface area contributed by atoms with Gasteiger partial charge in [0.1, 0.15) is 0 Å². The molecule has 2 heterocycles. The maximum atomic E-state index is 2.48. The maximum Gasteiger partial charge on any atom is 0.0714 e. The summed E-state index contributed by atoms with van der Waals surface area (Å²) >= 11 is 0. The van der Waals surface area contributed by atoms with Gasteiger partial charge >= 0.3 is 0 Å². The van der Waals surface area contributed by atoms with E-state index in [2.05, 4.69) is 301 Å². The summed E-state index contributed by atoms with van der Waals surface area (Å²) in [6.45, 7) is 0. The lowest BCUT2D eigenvalue weighted by atomic mass is 9.67. The molecule has 0 unspecified atom stereocenters. The second-order valence-electron chi connectivity index (χ2n) is 20.7. The number of rotatable bonds is 6. The van der Waals surface area contributed by atoms with E-state index in [1.165, 1.54) is 121 Å². The van der Waals surface area contributed by atoms with Crippen molar-refractivity contribution in [1.29, 1.82) is 0 Å². The van der Waals surface area contributed by atoms with Gasteiger partial charge in [-0.05, 0) is 153 Å². The fourth-order valence-corrected chi connectivity index (χ4v) is 13.5. The van der Waals surface area contributed by atoms with Gasteiger partial charge in [-0.25, -0.2) is 0 Å². The average molecular weight is 977 g/mol. The van der Waals surface area contributed by atoms with Crippen LogP contribution in [-0.4, -0.2) is 0 Å². The summed E-state index contributed by atoms with van der Waals surface area (Å²) in [5.74, 6) is 0. The van der Waals surface area contributed by atoms with Crippen LogP contribution in [0, 0.1) is 0 Å². The molecule has 13 aromatic rings. The minimum atomic E-state index is -0.596. The Balaban J connectivity index is 0.844. The Hall–Kier alpha value is -10.0. The third-order valence-electron chi connectivity index (χ3n) is 16.8. The zero-order chi connectivity index (χ0) is 50.6. The number of hydrogen-bond donors (Lipinski definition) is 0. The van der Waals surface area contributed by atoms with Crippen LogP contribution in [0.4, 0.5) is 34.1 Å². The first-order valence-electron chi connectivity index (χ1n) is 26.7. The van der Waals surface area contributed by atoms with Crippen LogP contribution in [0.15, 0.2) is 255 Å². The molecular weight excluding hydrogens is 929 g/mol. The van der Waals surface area contributed by atoms with Gasteiger partial charge in [0.2, 0.25) is 0 Å². The molecule has 2 aliphatic heterocycles. The first-order valence-corrected chi connectivity index (χ1v) is 26.7. The molecular formula is C75H48N2. The molecule has 0 bridgehead atoms. The van der Waals surface area contributed by atoms with E-state index >= 15 is 0 Å². The summed E-state index contributed by atoms with van der Waals surface area (Å²) in [6, 6.07) is 94.8. The van der Waals surface area contributed by atoms with Crippen LogP contribution in [0.2, 0.25) is 0 Å². The molecule has 3 aliphatic rings. The summed E-state index contributed by atoms with van der Waals surface area (Å²) in [6.07, 6.45) is 13.7. The van der Waals surface area contributed by atoms with Gasteiger partial charge in [0.05, 0.1) is 33.9 Å². The predicted octanol–water partition coefficient (Wildman–Crippen LogP) is 20.2. The second-order valence-corrected chi connectivity index (χ2v) is 20.7. The van der Waals surface area contributed by atoms with Gasteiger partial charge in [-0.15, -0.1) is 0 Å². The van der Waals surface area contributed by atoms with E-state index in [1.54, 1.807) is 0 Å². The summed E-state index contributed by atoms with van der Waals surface area (Å²) in [5, 5.41) is 10.2. The quantitative estimate of drug-likeness (QED) is 0.0931. The molecule has 0 radical (unpaired) electrons. The van der Waals surface area contributed by atoms with Crippen molar-refractivity contribution in [3.05, 3.63) is 310 Å². The molecule has 0 fully saturated rings. The SMILES string of the molecule is C1=Cc2ccccc2N(c2ccc3c(c2)C(c2ccccc2)(c2ccccc2)c2cc(/C=C/c4ccc5c6cccc7c(N8c9ccccc9C=Cc9ccccc98)ccc(c8cccc4c58)c76)ccc2-3)c2ccccc21. The van der Waals surface area contributed by atoms with Gasteiger partial charge in [0.15, 0.2) is 0 Å². The lowest BCUT2D eigenvalue weighted by molar-refractivity contribution is 0.768. The van der Waals surface area contributed by atoms with Gasteiger partial charge in [0.25, 0.3) is 0 Å². The highest BCUT2D eigenvalue weighted by Crippen LogP contribution is 2.58. The van der Waals surface area contributed by atoms with Crippen molar-refractivity contribution in [3.8, 4) is 11.1 Å². The molecule has 2 nitrogen and oxygen atoms in total. The summed E-state index contributed by atoms with van der Waals surface area (Å²) < 4.78 is 0. The molecule has 0 aromatic heterocycles. The lowest BCUT2D eigenvalue weighted by Crippen LogP contribution is -2.29. The fourth-order valence-electron chi connectivity index (χ4n) is 13.5. The van der Waals surface area contributed by atoms with Gasteiger partial charge in [0, 0.05) is 11.1 Å². The Morgan fingerprint density at radius 1 is 0.286 bits per heavy atom. The van der Waals surface area contributed by atoms with Crippen LogP contribution < -0.4 is 9.80 Å². The van der Waals surface area contributed by atoms with Crippen molar-refractivity contribution in [2.45, 2.75) is 5.41 Å². The Morgan fingerprint density at radius 3 is 1.30 bits per heavy atom. The molecule has 0 spiro atoms. The number of para-hydroxylation sites is 4. The van der Waals surface area contributed by atoms with E-state index in [0.717, 1.165) is 22.6 Å². The largest absolute Gasteiger partial charge is 0.309 e. The highest BCUT2D eigenvalue weighted by atomic mass is 15.2. The zero-order valence-electron chi connectivity index (χ0n) is 42.1. The Morgan fingerprint density at radius 2 is 0.727 bits per heavy atom. The van der Waals surface area contributed by atoms with Crippen molar-refractivity contribution in [1.82, 2.24) is 0 Å². The molecule has 0 saturated carbocycles. The number of fused-ring (bicyclic) bond motifs is 9. The van der Waals surface area contributed by atoms with E-state index < -0.39 is 5.41 Å². The predicted molar refractivity (Wildman–Crippen MR) is 328 cm³/mol. The maximum absolute atomic E-state index is 2.48. The topological polar surface area (TPSA) is 6.48 Å². The van der Waals surface area contributed by atoms with Crippen LogP contribution in [0.3, 0.4) is 0 Å². The Bertz CT molecular complexity index is 4480. The molecule has 0 amide bonds. The van der Waals surface area contributed by atoms with Crippen LogP contribution >= 0.6 is 0 Å². The highest BCUT2D eigenvalue weighted by Gasteiger charge is 2.46. The number of benzene rings is 13. The molecule has 0 atom stereocenters. The van der Waals surface area contributed by atoms with E-state index in [4.69, 9.17) is 0 Å². The van der Waals surface area contributed by atoms with E-state index in [0.29, 0.717) is 0 Å². The standard InChI is InChI=1S/C75H48N2/c1-3-21-55(22-4-1)75(56-23-5-2-6-24-56)66-47-49(34-42-59(66)60-44-41-57(48-67(60)75)76-68-29-11-7-17-51(68)36-37-52-18-8-12-30-69(52)76)33-35-50-40-43-63-62-27-16-28-65-72(46-45-64(74(62)65)61-26-15-25-58(50)73(61)63)77-70-31-13-9-19-53(70)38-39-54-20-10-14-32-71(54)77/h1-48H/b35-33+. The molecule has 0 saturated heterocycles. The van der Waals surface area contributed by atoms with E-state index in [1.807, 2.05) is 0 Å². The average Bonchev–Trinajstić information content (AvgIpc) is 3.82. The number of nitrogens with zero attached hydrogens (tertiary/aromatic N) is 2. The van der Waals surface area contributed by atoms with Crippen LogP contribution in [0.25, 0.3) is 90.7 Å². The summed E-state index contributed by atoms with van der Waals surface area (Å²) in [5.41, 5.74) is 21.1. The van der Waals surface area contributed by atoms with Crippen molar-refractivity contribution >= 4 is 114 Å². The minimum absolute atomic E-state index is 0.596. The van der Waals surface area contributed by atoms with Gasteiger partial charge < -0.3 is 9.80 Å². The minimum Gasteiger partial charge on any atom is -0.309 e. The second kappa shape index (κ2) is 17.0. The third-order valence-corrected chi connectivity index (χ3v) is 16.8. The molecule has 16 rings (SSSR count). The third kappa shape index (κ3) is 6.43. The van der Waals surface area contributed by atoms with Crippen molar-refractivity contribution < 1.29 is 0 Å². The summed E-state index contributed by atoms with van der Waals surface area (Å²) in [4.78, 5) is 4.91. The Labute approximate surface area is 448 Å². The van der Waals surface area contributed by atoms with Gasteiger partial charge in [-0.3, -0.25) is 0 Å².